The van der Waals surface area contributed by atoms with Crippen LogP contribution in [0.5, 0.6) is 0 Å². The first-order chi connectivity index (χ1) is 14.7. The van der Waals surface area contributed by atoms with Crippen LogP contribution in [0.1, 0.15) is 33.7 Å². The van der Waals surface area contributed by atoms with Crippen molar-refractivity contribution >= 4 is 12.2 Å². The molecule has 3 aromatic carbocycles. The van der Waals surface area contributed by atoms with E-state index in [0.717, 1.165) is 11.1 Å². The van der Waals surface area contributed by atoms with Gasteiger partial charge in [-0.1, -0.05) is 72.8 Å². The number of rotatable bonds is 5. The molecule has 0 unspecified atom stereocenters. The van der Waals surface area contributed by atoms with E-state index >= 15 is 0 Å². The minimum Gasteiger partial charge on any atom is -0.449 e. The fourth-order valence-electron chi connectivity index (χ4n) is 3.89. The minimum atomic E-state index is -0.453. The molecule has 1 N–H and O–H groups in total. The van der Waals surface area contributed by atoms with E-state index < -0.39 is 6.09 Å². The summed E-state index contributed by atoms with van der Waals surface area (Å²) < 4.78 is 5.52. The molecule has 4 nitrogen and oxygen atoms in total. The molecular weight excluding hydrogens is 372 g/mol. The molecule has 1 aliphatic rings. The van der Waals surface area contributed by atoms with E-state index in [4.69, 9.17) is 4.74 Å². The van der Waals surface area contributed by atoms with Gasteiger partial charge >= 0.3 is 6.09 Å². The maximum Gasteiger partial charge on any atom is 0.407 e. The number of fused-ring (bicyclic) bond motifs is 3. The Labute approximate surface area is 176 Å². The predicted octanol–water partition coefficient (Wildman–Crippen LogP) is 5.42. The SMILES string of the molecule is Cc1ccc(C=CCNC(=O)OCC2c3ccccc3-c3ccccc32)c(C#N)c1. The zero-order chi connectivity index (χ0) is 20.9. The second kappa shape index (κ2) is 8.67. The van der Waals surface area contributed by atoms with Gasteiger partial charge in [0.25, 0.3) is 0 Å². The van der Waals surface area contributed by atoms with Crippen molar-refractivity contribution in [2.75, 3.05) is 13.2 Å². The van der Waals surface area contributed by atoms with Gasteiger partial charge in [0.1, 0.15) is 6.61 Å². The van der Waals surface area contributed by atoms with Gasteiger partial charge in [-0.3, -0.25) is 0 Å². The molecule has 0 bridgehead atoms. The van der Waals surface area contributed by atoms with Gasteiger partial charge in [-0.15, -0.1) is 0 Å². The van der Waals surface area contributed by atoms with Crippen molar-refractivity contribution in [3.8, 4) is 17.2 Å². The Morgan fingerprint density at radius 3 is 2.40 bits per heavy atom. The molecule has 0 radical (unpaired) electrons. The summed E-state index contributed by atoms with van der Waals surface area (Å²) in [6.45, 7) is 2.57. The number of carbonyl (C=O) groups is 1. The minimum absolute atomic E-state index is 0.0458. The van der Waals surface area contributed by atoms with E-state index in [9.17, 15) is 10.1 Å². The number of amides is 1. The highest BCUT2D eigenvalue weighted by atomic mass is 16.5. The summed E-state index contributed by atoms with van der Waals surface area (Å²) in [5.74, 6) is 0.0458. The van der Waals surface area contributed by atoms with Crippen molar-refractivity contribution in [3.05, 3.63) is 101 Å². The van der Waals surface area contributed by atoms with Crippen LogP contribution in [0, 0.1) is 18.3 Å². The van der Waals surface area contributed by atoms with E-state index in [2.05, 4.69) is 35.7 Å². The summed E-state index contributed by atoms with van der Waals surface area (Å²) in [5.41, 5.74) is 7.28. The van der Waals surface area contributed by atoms with E-state index in [-0.39, 0.29) is 5.92 Å². The Morgan fingerprint density at radius 2 is 1.73 bits per heavy atom. The molecule has 30 heavy (non-hydrogen) atoms. The Balaban J connectivity index is 1.34. The van der Waals surface area contributed by atoms with Crippen molar-refractivity contribution in [3.63, 3.8) is 0 Å². The fourth-order valence-corrected chi connectivity index (χ4v) is 3.89. The average molecular weight is 394 g/mol. The largest absolute Gasteiger partial charge is 0.449 e. The molecule has 4 heteroatoms. The van der Waals surface area contributed by atoms with Gasteiger partial charge in [-0.05, 0) is 46.4 Å². The molecule has 1 amide bonds. The predicted molar refractivity (Wildman–Crippen MR) is 118 cm³/mol. The number of alkyl carbamates (subject to hydrolysis) is 1. The molecule has 0 aliphatic heterocycles. The molecule has 0 spiro atoms. The van der Waals surface area contributed by atoms with Gasteiger partial charge in [0, 0.05) is 12.5 Å². The number of nitrogens with zero attached hydrogens (tertiary/aromatic N) is 1. The molecule has 0 saturated heterocycles. The highest BCUT2D eigenvalue weighted by Crippen LogP contribution is 2.44. The average Bonchev–Trinajstić information content (AvgIpc) is 3.10. The topological polar surface area (TPSA) is 62.1 Å². The van der Waals surface area contributed by atoms with Gasteiger partial charge in [0.05, 0.1) is 11.6 Å². The Hall–Kier alpha value is -3.84. The fraction of sp³-hybridized carbons (Fsp3) is 0.154. The van der Waals surface area contributed by atoms with Crippen molar-refractivity contribution < 1.29 is 9.53 Å². The van der Waals surface area contributed by atoms with Gasteiger partial charge in [-0.25, -0.2) is 4.79 Å². The van der Waals surface area contributed by atoms with Crippen LogP contribution in [0.2, 0.25) is 0 Å². The Morgan fingerprint density at radius 1 is 1.07 bits per heavy atom. The maximum atomic E-state index is 12.2. The lowest BCUT2D eigenvalue weighted by Crippen LogP contribution is -2.26. The molecule has 0 heterocycles. The molecular formula is C26H22N2O2. The lowest BCUT2D eigenvalue weighted by Gasteiger charge is -2.14. The number of nitriles is 1. The van der Waals surface area contributed by atoms with Crippen molar-refractivity contribution in [1.82, 2.24) is 5.32 Å². The highest BCUT2D eigenvalue weighted by Gasteiger charge is 2.28. The third-order valence-electron chi connectivity index (χ3n) is 5.33. The Kier molecular flexibility index (Phi) is 5.63. The Bertz CT molecular complexity index is 1110. The summed E-state index contributed by atoms with van der Waals surface area (Å²) in [6, 6.07) is 24.4. The number of benzene rings is 3. The van der Waals surface area contributed by atoms with Crippen molar-refractivity contribution in [2.24, 2.45) is 0 Å². The number of hydrogen-bond donors (Lipinski definition) is 1. The molecule has 148 valence electrons. The van der Waals surface area contributed by atoms with Crippen LogP contribution in [-0.4, -0.2) is 19.2 Å². The monoisotopic (exact) mass is 394 g/mol. The number of hydrogen-bond acceptors (Lipinski definition) is 3. The first kappa shape index (κ1) is 19.5. The van der Waals surface area contributed by atoms with Gasteiger partial charge in [0.15, 0.2) is 0 Å². The highest BCUT2D eigenvalue weighted by molar-refractivity contribution is 5.79. The maximum absolute atomic E-state index is 12.2. The molecule has 0 aromatic heterocycles. The van der Waals surface area contributed by atoms with Crippen LogP contribution in [0.4, 0.5) is 4.79 Å². The number of ether oxygens (including phenoxy) is 1. The molecule has 1 aliphatic carbocycles. The molecule has 0 saturated carbocycles. The first-order valence-electron chi connectivity index (χ1n) is 9.93. The second-order valence-electron chi connectivity index (χ2n) is 7.31. The summed E-state index contributed by atoms with van der Waals surface area (Å²) in [7, 11) is 0. The summed E-state index contributed by atoms with van der Waals surface area (Å²) in [4.78, 5) is 12.2. The third kappa shape index (κ3) is 3.97. The van der Waals surface area contributed by atoms with Gasteiger partial charge in [0.2, 0.25) is 0 Å². The van der Waals surface area contributed by atoms with Crippen LogP contribution in [0.25, 0.3) is 17.2 Å². The van der Waals surface area contributed by atoms with Crippen molar-refractivity contribution in [2.45, 2.75) is 12.8 Å². The van der Waals surface area contributed by atoms with Crippen molar-refractivity contribution in [1.29, 1.82) is 5.26 Å². The third-order valence-corrected chi connectivity index (χ3v) is 5.33. The molecule has 0 fully saturated rings. The number of aryl methyl sites for hydroxylation is 1. The lowest BCUT2D eigenvalue weighted by molar-refractivity contribution is 0.144. The molecule has 4 rings (SSSR count). The van der Waals surface area contributed by atoms with Crippen LogP contribution in [-0.2, 0) is 4.74 Å². The van der Waals surface area contributed by atoms with E-state index in [1.54, 1.807) is 0 Å². The normalized spacial score (nSPS) is 12.3. The summed E-state index contributed by atoms with van der Waals surface area (Å²) >= 11 is 0. The smallest absolute Gasteiger partial charge is 0.407 e. The summed E-state index contributed by atoms with van der Waals surface area (Å²) in [5, 5.41) is 12.0. The zero-order valence-electron chi connectivity index (χ0n) is 16.8. The number of nitrogens with one attached hydrogen (secondary N) is 1. The van der Waals surface area contributed by atoms with Crippen LogP contribution in [0.15, 0.2) is 72.8 Å². The second-order valence-corrected chi connectivity index (χ2v) is 7.31. The quantitative estimate of drug-likeness (QED) is 0.629. The lowest BCUT2D eigenvalue weighted by atomic mass is 9.98. The summed E-state index contributed by atoms with van der Waals surface area (Å²) in [6.07, 6.45) is 3.19. The van der Waals surface area contributed by atoms with Crippen LogP contribution >= 0.6 is 0 Å². The van der Waals surface area contributed by atoms with E-state index in [1.807, 2.05) is 61.5 Å². The van der Waals surface area contributed by atoms with Crippen LogP contribution in [0.3, 0.4) is 0 Å². The van der Waals surface area contributed by atoms with Gasteiger partial charge in [-0.2, -0.15) is 5.26 Å². The van der Waals surface area contributed by atoms with E-state index in [0.29, 0.717) is 18.7 Å². The van der Waals surface area contributed by atoms with Crippen LogP contribution < -0.4 is 5.32 Å². The number of carbonyl (C=O) groups excluding carboxylic acids is 1. The van der Waals surface area contributed by atoms with Gasteiger partial charge < -0.3 is 10.1 Å². The molecule has 0 atom stereocenters. The first-order valence-corrected chi connectivity index (χ1v) is 9.93. The zero-order valence-corrected chi connectivity index (χ0v) is 16.8. The van der Waals surface area contributed by atoms with E-state index in [1.165, 1.54) is 22.3 Å². The standard InChI is InChI=1S/C26H22N2O2/c1-18-12-13-19(20(15-18)16-27)7-6-14-28-26(29)30-17-25-23-10-4-2-8-21(23)22-9-3-5-11-24(22)25/h2-13,15,25H,14,17H2,1H3,(H,28,29). The molecule has 3 aromatic rings.